The largest absolute Gasteiger partial charge is 0.507 e. The molecule has 0 amide bonds. The molecule has 5 aromatic rings. The Morgan fingerprint density at radius 2 is 1.61 bits per heavy atom. The first kappa shape index (κ1) is 42.1. The average molecular weight is 889 g/mol. The molecule has 3 heterocycles. The number of imidazole rings is 1. The number of nitrogens with one attached hydrogen (secondary N) is 3. The van der Waals surface area contributed by atoms with Crippen LogP contribution in [0.15, 0.2) is 85.3 Å². The molecular formula is C56H64N4O6. The first-order chi connectivity index (χ1) is 32.1. The molecule has 2 aliphatic heterocycles. The molecule has 10 unspecified atom stereocenters. The van der Waals surface area contributed by atoms with E-state index in [2.05, 4.69) is 58.2 Å². The zero-order valence-electron chi connectivity index (χ0n) is 37.7. The molecule has 3 spiro atoms. The van der Waals surface area contributed by atoms with Crippen molar-refractivity contribution >= 4 is 22.9 Å². The summed E-state index contributed by atoms with van der Waals surface area (Å²) in [6, 6.07) is 19.0. The molecule has 4 saturated carbocycles. The average Bonchev–Trinajstić information content (AvgIpc) is 4.12. The van der Waals surface area contributed by atoms with Crippen LogP contribution in [0.1, 0.15) is 117 Å². The van der Waals surface area contributed by atoms with Crippen molar-refractivity contribution in [1.29, 1.82) is 0 Å². The molecule has 5 aliphatic carbocycles. The lowest BCUT2D eigenvalue weighted by Crippen LogP contribution is -2.78. The highest BCUT2D eigenvalue weighted by atomic mass is 16.3. The Morgan fingerprint density at radius 3 is 2.41 bits per heavy atom. The summed E-state index contributed by atoms with van der Waals surface area (Å²) in [6.07, 6.45) is 27.3. The van der Waals surface area contributed by atoms with E-state index in [1.165, 1.54) is 87.2 Å². The summed E-state index contributed by atoms with van der Waals surface area (Å²) >= 11 is 0. The van der Waals surface area contributed by atoms with Gasteiger partial charge in [-0.05, 0) is 170 Å². The number of H-pyrrole nitrogens is 1. The first-order valence-corrected chi connectivity index (χ1v) is 24.9. The molecule has 1 aromatic heterocycles. The van der Waals surface area contributed by atoms with Gasteiger partial charge in [-0.15, -0.1) is 0 Å². The number of piperidine rings is 2. The van der Waals surface area contributed by atoms with E-state index in [9.17, 15) is 30.6 Å². The van der Waals surface area contributed by atoms with Crippen LogP contribution in [0.25, 0.3) is 22.9 Å². The normalized spacial score (nSPS) is 34.2. The number of rotatable bonds is 7. The molecule has 4 aromatic carbocycles. The van der Waals surface area contributed by atoms with E-state index in [1.54, 1.807) is 18.2 Å². The summed E-state index contributed by atoms with van der Waals surface area (Å²) in [5, 5.41) is 75.4. The van der Waals surface area contributed by atoms with Crippen molar-refractivity contribution in [3.05, 3.63) is 119 Å². The van der Waals surface area contributed by atoms with Crippen molar-refractivity contribution in [2.45, 2.75) is 113 Å². The Kier molecular flexibility index (Phi) is 9.98. The van der Waals surface area contributed by atoms with Crippen LogP contribution in [0.3, 0.4) is 0 Å². The molecule has 344 valence electrons. The number of aromatic nitrogens is 2. The van der Waals surface area contributed by atoms with Gasteiger partial charge in [0, 0.05) is 40.9 Å². The molecule has 10 atom stereocenters. The fourth-order valence-electron chi connectivity index (χ4n) is 16.8. The quantitative estimate of drug-likeness (QED) is 0.0438. The minimum atomic E-state index is -0.503. The zero-order chi connectivity index (χ0) is 45.0. The number of aromatic hydroxyl groups is 5. The predicted octanol–water partition coefficient (Wildman–Crippen LogP) is 9.69. The van der Waals surface area contributed by atoms with Crippen LogP contribution in [0.5, 0.6) is 28.7 Å². The van der Waals surface area contributed by atoms with Gasteiger partial charge < -0.3 is 46.3 Å². The van der Waals surface area contributed by atoms with Gasteiger partial charge in [-0.3, -0.25) is 0 Å². The monoisotopic (exact) mass is 888 g/mol. The number of benzene rings is 4. The van der Waals surface area contributed by atoms with Gasteiger partial charge in [-0.2, -0.15) is 0 Å². The minimum absolute atomic E-state index is 0.0813. The van der Waals surface area contributed by atoms with Crippen LogP contribution in [-0.4, -0.2) is 65.8 Å². The third kappa shape index (κ3) is 5.99. The summed E-state index contributed by atoms with van der Waals surface area (Å²) in [7, 11) is 0. The fourth-order valence-corrected chi connectivity index (χ4v) is 16.8. The topological polar surface area (TPSA) is 174 Å². The van der Waals surface area contributed by atoms with Crippen LogP contribution in [-0.2, 0) is 18.3 Å². The Bertz CT molecular complexity index is 2730. The maximum atomic E-state index is 12.7. The molecule has 10 nitrogen and oxygen atoms in total. The van der Waals surface area contributed by atoms with E-state index in [4.69, 9.17) is 4.98 Å². The standard InChI is InChI=1S/C56H64N4O6/c61-43-18-12-34(28-46(43)64)11-16-38-39-6-1-7-44(62)48(39)50(66)49(65)40(38)17-10-33-8-13-35(14-9-33)42-30-53(24-26-57-27-25-53)41-29-37-5-3-21-55(37)23-22-54-20-2-4-36(54)15-19-45(63)51(54)56(55,52(41)60-42)47-31-58-32-59-47/h1,6-9,11-16,18-19,28,31-32,36-37,41-42,45,51-52,57,60-66H,2-5,10,17,20-27,29-30H2,(H,58,59). The number of aryl methyl sites for hydroxylation is 1. The van der Waals surface area contributed by atoms with Gasteiger partial charge in [0.05, 0.1) is 17.8 Å². The van der Waals surface area contributed by atoms with E-state index in [1.807, 2.05) is 18.5 Å². The summed E-state index contributed by atoms with van der Waals surface area (Å²) in [6.45, 7) is 2.07. The molecule has 12 rings (SSSR count). The van der Waals surface area contributed by atoms with Gasteiger partial charge in [0.25, 0.3) is 0 Å². The molecule has 2 saturated heterocycles. The van der Waals surface area contributed by atoms with Crippen LogP contribution >= 0.6 is 0 Å². The summed E-state index contributed by atoms with van der Waals surface area (Å²) in [5.41, 5.74) is 5.53. The second-order valence-corrected chi connectivity index (χ2v) is 21.6. The molecule has 9 N–H and O–H groups in total. The Labute approximate surface area is 386 Å². The summed E-state index contributed by atoms with van der Waals surface area (Å²) < 4.78 is 0. The number of fused-ring (bicyclic) bond motifs is 5. The van der Waals surface area contributed by atoms with Crippen molar-refractivity contribution in [3.63, 3.8) is 0 Å². The number of aliphatic hydroxyl groups is 1. The molecule has 0 bridgehead atoms. The third-order valence-corrected chi connectivity index (χ3v) is 19.4. The lowest BCUT2D eigenvalue weighted by atomic mass is 9.31. The minimum Gasteiger partial charge on any atom is -0.507 e. The highest BCUT2D eigenvalue weighted by molar-refractivity contribution is 6.03. The SMILES string of the molecule is Oc1ccc(C=Cc2c(CCc3ccc(C4CC5(CCNCC5)C5CC6CCCC67CCC68CCCC6C=CC(O)C8C7(c6cnc[nH]6)C5N4)cc3)c(O)c(O)c3c(O)cccc23)cc1O. The van der Waals surface area contributed by atoms with E-state index < -0.39 is 6.10 Å². The molecule has 10 heteroatoms. The maximum Gasteiger partial charge on any atom is 0.169 e. The van der Waals surface area contributed by atoms with E-state index in [-0.39, 0.29) is 73.8 Å². The van der Waals surface area contributed by atoms with Crippen molar-refractivity contribution < 1.29 is 30.6 Å². The van der Waals surface area contributed by atoms with Crippen molar-refractivity contribution in [2.24, 2.45) is 39.9 Å². The summed E-state index contributed by atoms with van der Waals surface area (Å²) in [4.78, 5) is 8.64. The van der Waals surface area contributed by atoms with Gasteiger partial charge in [0.1, 0.15) is 5.75 Å². The highest BCUT2D eigenvalue weighted by Crippen LogP contribution is 2.79. The number of aliphatic hydroxyl groups excluding tert-OH is 1. The van der Waals surface area contributed by atoms with E-state index in [0.717, 1.165) is 37.9 Å². The van der Waals surface area contributed by atoms with Gasteiger partial charge in [0.2, 0.25) is 0 Å². The zero-order valence-corrected chi connectivity index (χ0v) is 37.7. The second kappa shape index (κ2) is 15.6. The van der Waals surface area contributed by atoms with Gasteiger partial charge in [0.15, 0.2) is 23.0 Å². The lowest BCUT2D eigenvalue weighted by molar-refractivity contribution is -0.215. The van der Waals surface area contributed by atoms with E-state index in [0.29, 0.717) is 52.7 Å². The van der Waals surface area contributed by atoms with Gasteiger partial charge >= 0.3 is 0 Å². The number of aromatic amines is 1. The first-order valence-electron chi connectivity index (χ1n) is 24.9. The lowest BCUT2D eigenvalue weighted by Gasteiger charge is -2.74. The number of phenolic OH excluding ortho intramolecular Hbond substituents is 5. The highest BCUT2D eigenvalue weighted by Gasteiger charge is 2.78. The summed E-state index contributed by atoms with van der Waals surface area (Å²) in [5.74, 6) is 0.534. The number of allylic oxidation sites excluding steroid dienone is 1. The van der Waals surface area contributed by atoms with Gasteiger partial charge in [-0.1, -0.05) is 79.6 Å². The third-order valence-electron chi connectivity index (χ3n) is 19.4. The van der Waals surface area contributed by atoms with Crippen molar-refractivity contribution in [2.75, 3.05) is 13.1 Å². The maximum absolute atomic E-state index is 12.7. The molecule has 0 radical (unpaired) electrons. The van der Waals surface area contributed by atoms with Crippen LogP contribution in [0.2, 0.25) is 0 Å². The second-order valence-electron chi connectivity index (χ2n) is 21.6. The Hall–Kier alpha value is -5.29. The van der Waals surface area contributed by atoms with Crippen molar-refractivity contribution in [3.8, 4) is 28.7 Å². The molecular weight excluding hydrogens is 825 g/mol. The number of hydrogen-bond acceptors (Lipinski definition) is 9. The number of hydrogen-bond donors (Lipinski definition) is 9. The Balaban J connectivity index is 0.912. The van der Waals surface area contributed by atoms with Crippen molar-refractivity contribution in [1.82, 2.24) is 20.6 Å². The number of phenols is 5. The number of nitrogens with zero attached hydrogens (tertiary/aromatic N) is 1. The molecule has 6 fully saturated rings. The van der Waals surface area contributed by atoms with E-state index >= 15 is 0 Å². The van der Waals surface area contributed by atoms with Crippen LogP contribution < -0.4 is 10.6 Å². The molecule has 7 aliphatic rings. The van der Waals surface area contributed by atoms with Crippen LogP contribution in [0.4, 0.5) is 0 Å². The van der Waals surface area contributed by atoms with Crippen LogP contribution in [0, 0.1) is 39.9 Å². The predicted molar refractivity (Wildman–Crippen MR) is 256 cm³/mol. The Morgan fingerprint density at radius 1 is 0.773 bits per heavy atom. The van der Waals surface area contributed by atoms with Gasteiger partial charge in [-0.25, -0.2) is 4.98 Å². The smallest absolute Gasteiger partial charge is 0.169 e. The molecule has 66 heavy (non-hydrogen) atoms. The fraction of sp³-hybridized carbons (Fsp3) is 0.482.